The van der Waals surface area contributed by atoms with E-state index in [1.165, 1.54) is 6.26 Å². The Kier molecular flexibility index (Phi) is 4.10. The summed E-state index contributed by atoms with van der Waals surface area (Å²) in [5, 5.41) is 6.15. The van der Waals surface area contributed by atoms with Gasteiger partial charge in [0, 0.05) is 12.1 Å². The van der Waals surface area contributed by atoms with Crippen molar-refractivity contribution >= 4 is 12.2 Å². The van der Waals surface area contributed by atoms with Crippen LogP contribution in [0.2, 0.25) is 0 Å². The van der Waals surface area contributed by atoms with E-state index in [9.17, 15) is 4.79 Å². The van der Waals surface area contributed by atoms with E-state index in [4.69, 9.17) is 4.74 Å². The number of carbonyl (C=O) groups is 1. The molecule has 16 heavy (non-hydrogen) atoms. The number of nitrogens with zero attached hydrogens (tertiary/aromatic N) is 1. The van der Waals surface area contributed by atoms with Crippen molar-refractivity contribution < 1.29 is 14.1 Å². The fourth-order valence-electron chi connectivity index (χ4n) is 0.947. The summed E-state index contributed by atoms with van der Waals surface area (Å²) in [6, 6.07) is 0. The Balaban J connectivity index is 2.23. The fraction of sp³-hybridized carbons (Fsp3) is 0.455. The molecular formula is C11H16N2O3. The molecule has 1 amide bonds. The third-order valence-corrected chi connectivity index (χ3v) is 1.52. The van der Waals surface area contributed by atoms with Gasteiger partial charge < -0.3 is 14.6 Å². The van der Waals surface area contributed by atoms with Crippen molar-refractivity contribution in [2.24, 2.45) is 0 Å². The lowest BCUT2D eigenvalue weighted by atomic mass is 10.2. The summed E-state index contributed by atoms with van der Waals surface area (Å²) in [5.74, 6) is 0. The van der Waals surface area contributed by atoms with Gasteiger partial charge in [0.1, 0.15) is 11.9 Å². The Morgan fingerprint density at radius 1 is 1.62 bits per heavy atom. The summed E-state index contributed by atoms with van der Waals surface area (Å²) >= 11 is 0. The summed E-state index contributed by atoms with van der Waals surface area (Å²) in [6.45, 7) is 5.86. The first-order valence-electron chi connectivity index (χ1n) is 5.00. The van der Waals surface area contributed by atoms with Crippen molar-refractivity contribution in [3.8, 4) is 0 Å². The first-order chi connectivity index (χ1) is 7.47. The van der Waals surface area contributed by atoms with Gasteiger partial charge in [-0.25, -0.2) is 4.79 Å². The molecule has 0 aliphatic rings. The van der Waals surface area contributed by atoms with Crippen molar-refractivity contribution in [2.45, 2.75) is 26.4 Å². The minimum Gasteiger partial charge on any atom is -0.444 e. The molecule has 0 aromatic carbocycles. The second kappa shape index (κ2) is 5.34. The zero-order valence-corrected chi connectivity index (χ0v) is 9.69. The minimum atomic E-state index is -0.470. The Hall–Kier alpha value is -1.78. The topological polar surface area (TPSA) is 64.4 Å². The van der Waals surface area contributed by atoms with Crippen molar-refractivity contribution in [1.82, 2.24) is 10.5 Å². The highest BCUT2D eigenvalue weighted by Gasteiger charge is 2.14. The summed E-state index contributed by atoms with van der Waals surface area (Å²) < 4.78 is 9.71. The van der Waals surface area contributed by atoms with E-state index in [0.29, 0.717) is 6.54 Å². The number of ether oxygens (including phenoxy) is 1. The van der Waals surface area contributed by atoms with Gasteiger partial charge in [0.25, 0.3) is 0 Å². The number of hydrogen-bond donors (Lipinski definition) is 1. The molecule has 0 aliphatic carbocycles. The molecule has 1 N–H and O–H groups in total. The molecule has 0 unspecified atom stereocenters. The summed E-state index contributed by atoms with van der Waals surface area (Å²) in [6.07, 6.45) is 6.26. The molecular weight excluding hydrogens is 208 g/mol. The third-order valence-electron chi connectivity index (χ3n) is 1.52. The third kappa shape index (κ3) is 5.19. The molecule has 0 aliphatic heterocycles. The van der Waals surface area contributed by atoms with Crippen LogP contribution in [0.3, 0.4) is 0 Å². The van der Waals surface area contributed by atoms with Crippen LogP contribution in [-0.2, 0) is 4.74 Å². The zero-order chi connectivity index (χ0) is 12.0. The van der Waals surface area contributed by atoms with Gasteiger partial charge in [-0.3, -0.25) is 0 Å². The first-order valence-corrected chi connectivity index (χ1v) is 5.00. The van der Waals surface area contributed by atoms with Crippen molar-refractivity contribution in [1.29, 1.82) is 0 Å². The van der Waals surface area contributed by atoms with E-state index in [2.05, 4.69) is 15.0 Å². The van der Waals surface area contributed by atoms with Crippen molar-refractivity contribution in [3.05, 3.63) is 24.1 Å². The standard InChI is InChI=1S/C11H16N2O3/c1-11(2,3)16-10(14)12-6-4-5-9-7-13-15-8-9/h4-5,7-8H,6H2,1-3H3,(H,12,14). The van der Waals surface area contributed by atoms with Crippen LogP contribution in [0.4, 0.5) is 4.79 Å². The average molecular weight is 224 g/mol. The zero-order valence-electron chi connectivity index (χ0n) is 9.69. The van der Waals surface area contributed by atoms with E-state index < -0.39 is 11.7 Å². The molecule has 0 atom stereocenters. The maximum Gasteiger partial charge on any atom is 0.407 e. The molecule has 0 fully saturated rings. The molecule has 0 radical (unpaired) electrons. The van der Waals surface area contributed by atoms with Crippen LogP contribution in [0.15, 0.2) is 23.1 Å². The largest absolute Gasteiger partial charge is 0.444 e. The van der Waals surface area contributed by atoms with Gasteiger partial charge in [0.2, 0.25) is 0 Å². The Morgan fingerprint density at radius 2 is 2.38 bits per heavy atom. The molecule has 0 bridgehead atoms. The minimum absolute atomic E-state index is 0.403. The van der Waals surface area contributed by atoms with Gasteiger partial charge in [0.05, 0.1) is 6.20 Å². The van der Waals surface area contributed by atoms with Crippen LogP contribution in [-0.4, -0.2) is 23.4 Å². The van der Waals surface area contributed by atoms with E-state index >= 15 is 0 Å². The smallest absolute Gasteiger partial charge is 0.407 e. The molecule has 1 aromatic rings. The molecule has 1 rings (SSSR count). The highest BCUT2D eigenvalue weighted by atomic mass is 16.6. The lowest BCUT2D eigenvalue weighted by Gasteiger charge is -2.19. The maximum absolute atomic E-state index is 11.2. The number of hydrogen-bond acceptors (Lipinski definition) is 4. The lowest BCUT2D eigenvalue weighted by Crippen LogP contribution is -2.32. The van der Waals surface area contributed by atoms with E-state index in [0.717, 1.165) is 5.56 Å². The number of rotatable bonds is 3. The number of amides is 1. The fourth-order valence-corrected chi connectivity index (χ4v) is 0.947. The Morgan fingerprint density at radius 3 is 2.94 bits per heavy atom. The van der Waals surface area contributed by atoms with Crippen LogP contribution in [0.5, 0.6) is 0 Å². The van der Waals surface area contributed by atoms with Gasteiger partial charge in [-0.1, -0.05) is 17.3 Å². The van der Waals surface area contributed by atoms with Crippen LogP contribution in [0.1, 0.15) is 26.3 Å². The second-order valence-corrected chi connectivity index (χ2v) is 4.24. The van der Waals surface area contributed by atoms with Crippen LogP contribution >= 0.6 is 0 Å². The summed E-state index contributed by atoms with van der Waals surface area (Å²) in [4.78, 5) is 11.2. The van der Waals surface area contributed by atoms with E-state index in [-0.39, 0.29) is 0 Å². The predicted molar refractivity (Wildman–Crippen MR) is 59.8 cm³/mol. The van der Waals surface area contributed by atoms with E-state index in [1.54, 1.807) is 18.3 Å². The molecule has 1 aromatic heterocycles. The predicted octanol–water partition coefficient (Wildman–Crippen LogP) is 2.21. The van der Waals surface area contributed by atoms with Crippen LogP contribution < -0.4 is 5.32 Å². The second-order valence-electron chi connectivity index (χ2n) is 4.24. The number of nitrogens with one attached hydrogen (secondary N) is 1. The SMILES string of the molecule is CC(C)(C)OC(=O)NCC=Cc1cnoc1. The van der Waals surface area contributed by atoms with Gasteiger partial charge in [-0.15, -0.1) is 0 Å². The summed E-state index contributed by atoms with van der Waals surface area (Å²) in [7, 11) is 0. The molecule has 1 heterocycles. The molecule has 5 heteroatoms. The molecule has 0 saturated heterocycles. The quantitative estimate of drug-likeness (QED) is 0.854. The monoisotopic (exact) mass is 224 g/mol. The van der Waals surface area contributed by atoms with E-state index in [1.807, 2.05) is 20.8 Å². The van der Waals surface area contributed by atoms with Crippen LogP contribution in [0, 0.1) is 0 Å². The lowest BCUT2D eigenvalue weighted by molar-refractivity contribution is 0.0534. The van der Waals surface area contributed by atoms with Gasteiger partial charge in [-0.05, 0) is 20.8 Å². The first kappa shape index (κ1) is 12.3. The number of alkyl carbamates (subject to hydrolysis) is 1. The maximum atomic E-state index is 11.2. The highest BCUT2D eigenvalue weighted by Crippen LogP contribution is 2.06. The number of carbonyl (C=O) groups excluding carboxylic acids is 1. The van der Waals surface area contributed by atoms with Crippen molar-refractivity contribution in [3.63, 3.8) is 0 Å². The van der Waals surface area contributed by atoms with Gasteiger partial charge >= 0.3 is 6.09 Å². The molecule has 0 saturated carbocycles. The highest BCUT2D eigenvalue weighted by molar-refractivity contribution is 5.68. The normalized spacial score (nSPS) is 11.7. The average Bonchev–Trinajstić information content (AvgIpc) is 2.62. The molecule has 0 spiro atoms. The van der Waals surface area contributed by atoms with Gasteiger partial charge in [-0.2, -0.15) is 0 Å². The number of aromatic nitrogens is 1. The van der Waals surface area contributed by atoms with Gasteiger partial charge in [0.15, 0.2) is 0 Å². The Bertz CT molecular complexity index is 350. The molecule has 88 valence electrons. The Labute approximate surface area is 94.5 Å². The van der Waals surface area contributed by atoms with Crippen molar-refractivity contribution in [2.75, 3.05) is 6.54 Å². The molecule has 5 nitrogen and oxygen atoms in total. The van der Waals surface area contributed by atoms with Crippen LogP contribution in [0.25, 0.3) is 6.08 Å². The summed E-state index contributed by atoms with van der Waals surface area (Å²) in [5.41, 5.74) is 0.383.